The van der Waals surface area contributed by atoms with Crippen LogP contribution in [0.2, 0.25) is 0 Å². The van der Waals surface area contributed by atoms with Crippen LogP contribution in [0.1, 0.15) is 46.0 Å². The van der Waals surface area contributed by atoms with Gasteiger partial charge in [0.05, 0.1) is 0 Å². The molecule has 0 aromatic rings. The molecule has 4 heteroatoms. The van der Waals surface area contributed by atoms with Gasteiger partial charge < -0.3 is 16.0 Å². The number of nitrogens with one attached hydrogen (secondary N) is 1. The normalized spacial score (nSPS) is 30.2. The van der Waals surface area contributed by atoms with E-state index in [1.54, 1.807) is 0 Å². The van der Waals surface area contributed by atoms with Crippen LogP contribution in [0.25, 0.3) is 0 Å². The lowest BCUT2D eigenvalue weighted by molar-refractivity contribution is -0.136. The maximum atomic E-state index is 12.6. The first kappa shape index (κ1) is 15.8. The Kier molecular flexibility index (Phi) is 5.85. The third kappa shape index (κ3) is 3.95. The number of carbonyl (C=O) groups excluding carboxylic acids is 1. The summed E-state index contributed by atoms with van der Waals surface area (Å²) in [5.74, 6) is 2.25. The van der Waals surface area contributed by atoms with E-state index in [4.69, 9.17) is 5.73 Å². The zero-order valence-corrected chi connectivity index (χ0v) is 13.1. The average Bonchev–Trinajstić information content (AvgIpc) is 2.47. The Labute approximate surface area is 123 Å². The van der Waals surface area contributed by atoms with Gasteiger partial charge >= 0.3 is 0 Å². The molecule has 0 spiro atoms. The fourth-order valence-corrected chi connectivity index (χ4v) is 3.78. The van der Waals surface area contributed by atoms with Crippen molar-refractivity contribution in [2.75, 3.05) is 26.2 Å². The minimum atomic E-state index is 0.270. The summed E-state index contributed by atoms with van der Waals surface area (Å²) in [5.41, 5.74) is 5.87. The number of nitrogens with two attached hydrogens (primary N) is 1. The average molecular weight is 281 g/mol. The predicted molar refractivity (Wildman–Crippen MR) is 82.3 cm³/mol. The third-order valence-corrected chi connectivity index (χ3v) is 5.26. The SMILES string of the molecule is CC1CCN(C(=O)CC(C)C2CCNCC2)C(CN)C1. The van der Waals surface area contributed by atoms with E-state index in [-0.39, 0.29) is 6.04 Å². The van der Waals surface area contributed by atoms with E-state index < -0.39 is 0 Å². The molecule has 1 amide bonds. The van der Waals surface area contributed by atoms with E-state index in [1.165, 1.54) is 12.8 Å². The molecular formula is C16H31N3O. The number of nitrogens with zero attached hydrogens (tertiary/aromatic N) is 1. The summed E-state index contributed by atoms with van der Waals surface area (Å²) < 4.78 is 0. The topological polar surface area (TPSA) is 58.4 Å². The van der Waals surface area contributed by atoms with Gasteiger partial charge in [-0.3, -0.25) is 4.79 Å². The van der Waals surface area contributed by atoms with Gasteiger partial charge in [-0.15, -0.1) is 0 Å². The number of carbonyl (C=O) groups is 1. The molecule has 2 aliphatic heterocycles. The lowest BCUT2D eigenvalue weighted by atomic mass is 9.83. The molecule has 3 unspecified atom stereocenters. The smallest absolute Gasteiger partial charge is 0.223 e. The zero-order valence-electron chi connectivity index (χ0n) is 13.1. The Balaban J connectivity index is 1.86. The second kappa shape index (κ2) is 7.41. The van der Waals surface area contributed by atoms with Crippen LogP contribution in [0.4, 0.5) is 0 Å². The third-order valence-electron chi connectivity index (χ3n) is 5.26. The largest absolute Gasteiger partial charge is 0.338 e. The Morgan fingerprint density at radius 1 is 1.35 bits per heavy atom. The number of hydrogen-bond acceptors (Lipinski definition) is 3. The van der Waals surface area contributed by atoms with Crippen molar-refractivity contribution in [1.29, 1.82) is 0 Å². The molecule has 0 bridgehead atoms. The van der Waals surface area contributed by atoms with Crippen molar-refractivity contribution in [2.45, 2.75) is 52.0 Å². The van der Waals surface area contributed by atoms with Gasteiger partial charge in [0, 0.05) is 25.6 Å². The molecule has 0 saturated carbocycles. The lowest BCUT2D eigenvalue weighted by Gasteiger charge is -2.39. The minimum Gasteiger partial charge on any atom is -0.338 e. The molecule has 2 heterocycles. The molecular weight excluding hydrogens is 250 g/mol. The van der Waals surface area contributed by atoms with E-state index in [2.05, 4.69) is 24.1 Å². The quantitative estimate of drug-likeness (QED) is 0.823. The van der Waals surface area contributed by atoms with Crippen molar-refractivity contribution in [3.05, 3.63) is 0 Å². The van der Waals surface area contributed by atoms with Crippen LogP contribution in [0.3, 0.4) is 0 Å². The molecule has 116 valence electrons. The van der Waals surface area contributed by atoms with E-state index in [0.717, 1.165) is 32.5 Å². The highest BCUT2D eigenvalue weighted by atomic mass is 16.2. The summed E-state index contributed by atoms with van der Waals surface area (Å²) in [5, 5.41) is 3.40. The van der Waals surface area contributed by atoms with Gasteiger partial charge in [0.15, 0.2) is 0 Å². The van der Waals surface area contributed by atoms with Crippen LogP contribution in [-0.4, -0.2) is 43.0 Å². The molecule has 3 atom stereocenters. The molecule has 4 nitrogen and oxygen atoms in total. The van der Waals surface area contributed by atoms with Gasteiger partial charge in [-0.1, -0.05) is 13.8 Å². The van der Waals surface area contributed by atoms with Gasteiger partial charge in [0.2, 0.25) is 5.91 Å². The second-order valence-corrected chi connectivity index (χ2v) is 6.88. The van der Waals surface area contributed by atoms with E-state index in [1.807, 2.05) is 0 Å². The van der Waals surface area contributed by atoms with E-state index >= 15 is 0 Å². The summed E-state index contributed by atoms with van der Waals surface area (Å²) >= 11 is 0. The Hall–Kier alpha value is -0.610. The fraction of sp³-hybridized carbons (Fsp3) is 0.938. The van der Waals surface area contributed by atoms with Gasteiger partial charge in [0.1, 0.15) is 0 Å². The molecule has 0 radical (unpaired) electrons. The molecule has 0 aromatic heterocycles. The molecule has 2 saturated heterocycles. The number of rotatable bonds is 4. The van der Waals surface area contributed by atoms with Crippen molar-refractivity contribution in [3.63, 3.8) is 0 Å². The fourth-order valence-electron chi connectivity index (χ4n) is 3.78. The van der Waals surface area contributed by atoms with Crippen molar-refractivity contribution in [1.82, 2.24) is 10.2 Å². The number of piperidine rings is 2. The first-order chi connectivity index (χ1) is 9.61. The van der Waals surface area contributed by atoms with Crippen LogP contribution in [0.15, 0.2) is 0 Å². The highest BCUT2D eigenvalue weighted by Crippen LogP contribution is 2.27. The van der Waals surface area contributed by atoms with Gasteiger partial charge in [-0.2, -0.15) is 0 Å². The maximum Gasteiger partial charge on any atom is 0.223 e. The lowest BCUT2D eigenvalue weighted by Crippen LogP contribution is -2.49. The van der Waals surface area contributed by atoms with Crippen molar-refractivity contribution >= 4 is 5.91 Å². The summed E-state index contributed by atoms with van der Waals surface area (Å²) in [4.78, 5) is 14.6. The maximum absolute atomic E-state index is 12.6. The molecule has 2 fully saturated rings. The summed E-state index contributed by atoms with van der Waals surface area (Å²) in [6.45, 7) is 8.24. The van der Waals surface area contributed by atoms with Crippen LogP contribution in [0, 0.1) is 17.8 Å². The zero-order chi connectivity index (χ0) is 14.5. The van der Waals surface area contributed by atoms with Crippen LogP contribution in [-0.2, 0) is 4.79 Å². The summed E-state index contributed by atoms with van der Waals surface area (Å²) in [6, 6.07) is 0.270. The van der Waals surface area contributed by atoms with Crippen LogP contribution < -0.4 is 11.1 Å². The summed E-state index contributed by atoms with van der Waals surface area (Å²) in [6.07, 6.45) is 5.33. The van der Waals surface area contributed by atoms with Crippen molar-refractivity contribution in [2.24, 2.45) is 23.5 Å². The van der Waals surface area contributed by atoms with E-state index in [9.17, 15) is 4.79 Å². The highest BCUT2D eigenvalue weighted by molar-refractivity contribution is 5.77. The Morgan fingerprint density at radius 2 is 2.05 bits per heavy atom. The first-order valence-corrected chi connectivity index (χ1v) is 8.32. The second-order valence-electron chi connectivity index (χ2n) is 6.88. The van der Waals surface area contributed by atoms with Crippen molar-refractivity contribution < 1.29 is 4.79 Å². The monoisotopic (exact) mass is 281 g/mol. The summed E-state index contributed by atoms with van der Waals surface area (Å²) in [7, 11) is 0. The van der Waals surface area contributed by atoms with E-state index in [0.29, 0.717) is 36.6 Å². The molecule has 2 rings (SSSR count). The number of hydrogen-bond donors (Lipinski definition) is 2. The van der Waals surface area contributed by atoms with Crippen LogP contribution >= 0.6 is 0 Å². The number of likely N-dealkylation sites (tertiary alicyclic amines) is 1. The molecule has 2 aliphatic rings. The van der Waals surface area contributed by atoms with Gasteiger partial charge in [-0.25, -0.2) is 0 Å². The Bertz CT molecular complexity index is 315. The van der Waals surface area contributed by atoms with Crippen LogP contribution in [0.5, 0.6) is 0 Å². The molecule has 20 heavy (non-hydrogen) atoms. The Morgan fingerprint density at radius 3 is 2.70 bits per heavy atom. The van der Waals surface area contributed by atoms with Gasteiger partial charge in [-0.05, 0) is 56.5 Å². The molecule has 3 N–H and O–H groups in total. The molecule has 0 aromatic carbocycles. The highest BCUT2D eigenvalue weighted by Gasteiger charge is 2.31. The van der Waals surface area contributed by atoms with Crippen molar-refractivity contribution in [3.8, 4) is 0 Å². The molecule has 0 aliphatic carbocycles. The predicted octanol–water partition coefficient (Wildman–Crippen LogP) is 1.60. The number of amides is 1. The standard InChI is InChI=1S/C16H31N3O/c1-12-5-8-19(15(9-12)11-17)16(20)10-13(2)14-3-6-18-7-4-14/h12-15,18H,3-11,17H2,1-2H3. The first-order valence-electron chi connectivity index (χ1n) is 8.32. The van der Waals surface area contributed by atoms with Gasteiger partial charge in [0.25, 0.3) is 0 Å². The minimum absolute atomic E-state index is 0.270.